The normalized spacial score (nSPS) is 20.3. The van der Waals surface area contributed by atoms with Crippen LogP contribution >= 0.6 is 0 Å². The van der Waals surface area contributed by atoms with E-state index < -0.39 is 0 Å². The number of carbonyl (C=O) groups is 1. The minimum Gasteiger partial charge on any atom is -0.378 e. The Kier molecular flexibility index (Phi) is 3.49. The fourth-order valence-electron chi connectivity index (χ4n) is 3.11. The van der Waals surface area contributed by atoms with Crippen molar-refractivity contribution in [2.24, 2.45) is 0 Å². The van der Waals surface area contributed by atoms with Crippen molar-refractivity contribution in [1.29, 1.82) is 0 Å². The fraction of sp³-hybridized carbons (Fsp3) is 0.471. The summed E-state index contributed by atoms with van der Waals surface area (Å²) in [6.07, 6.45) is 2.21. The van der Waals surface area contributed by atoms with Crippen LogP contribution in [0.1, 0.15) is 36.7 Å². The molecule has 0 atom stereocenters. The number of rotatable bonds is 1. The first-order valence-electron chi connectivity index (χ1n) is 7.46. The molecule has 0 spiro atoms. The van der Waals surface area contributed by atoms with Gasteiger partial charge in [-0.1, -0.05) is 18.2 Å². The molecule has 2 heterocycles. The second-order valence-electron chi connectivity index (χ2n) is 6.31. The summed E-state index contributed by atoms with van der Waals surface area (Å²) in [7, 11) is 0. The van der Waals surface area contributed by atoms with E-state index in [1.807, 2.05) is 17.0 Å². The molecular formula is C17H22N2O2. The zero-order valence-electron chi connectivity index (χ0n) is 12.9. The lowest BCUT2D eigenvalue weighted by Crippen LogP contribution is -2.41. The molecule has 2 aliphatic heterocycles. The molecule has 4 heteroatoms. The van der Waals surface area contributed by atoms with Crippen molar-refractivity contribution in [1.82, 2.24) is 4.90 Å². The van der Waals surface area contributed by atoms with Gasteiger partial charge in [0.15, 0.2) is 0 Å². The van der Waals surface area contributed by atoms with Gasteiger partial charge in [0.1, 0.15) is 0 Å². The molecule has 0 bridgehead atoms. The standard InChI is InChI=1S/C17H22N2O2/c1-12-11-17(2,3)18-15-13(12)5-4-6-14(15)16(20)19-7-9-21-10-8-19/h4-6,11,18H,7-10H2,1-3H3. The topological polar surface area (TPSA) is 41.6 Å². The monoisotopic (exact) mass is 286 g/mol. The predicted octanol–water partition coefficient (Wildman–Crippen LogP) is 2.77. The minimum atomic E-state index is -0.140. The van der Waals surface area contributed by atoms with Gasteiger partial charge in [-0.05, 0) is 32.4 Å². The predicted molar refractivity (Wildman–Crippen MR) is 84.5 cm³/mol. The number of amides is 1. The van der Waals surface area contributed by atoms with Crippen LogP contribution in [0.3, 0.4) is 0 Å². The van der Waals surface area contributed by atoms with Gasteiger partial charge in [-0.2, -0.15) is 0 Å². The number of nitrogens with one attached hydrogen (secondary N) is 1. The zero-order valence-corrected chi connectivity index (χ0v) is 12.9. The largest absolute Gasteiger partial charge is 0.378 e. The van der Waals surface area contributed by atoms with Crippen molar-refractivity contribution in [3.8, 4) is 0 Å². The average Bonchev–Trinajstić information content (AvgIpc) is 2.46. The first-order chi connectivity index (χ1) is 9.98. The highest BCUT2D eigenvalue weighted by molar-refractivity contribution is 6.03. The summed E-state index contributed by atoms with van der Waals surface area (Å²) in [5.41, 5.74) is 3.91. The van der Waals surface area contributed by atoms with Crippen molar-refractivity contribution in [2.45, 2.75) is 26.3 Å². The number of hydrogen-bond donors (Lipinski definition) is 1. The van der Waals surface area contributed by atoms with E-state index in [4.69, 9.17) is 4.74 Å². The summed E-state index contributed by atoms with van der Waals surface area (Å²) in [5, 5.41) is 3.50. The SMILES string of the molecule is CC1=CC(C)(C)Nc2c(C(=O)N3CCOCC3)cccc21. The summed E-state index contributed by atoms with van der Waals surface area (Å²) < 4.78 is 5.33. The van der Waals surface area contributed by atoms with Gasteiger partial charge >= 0.3 is 0 Å². The van der Waals surface area contributed by atoms with Crippen LogP contribution in [-0.2, 0) is 4.74 Å². The van der Waals surface area contributed by atoms with E-state index in [0.29, 0.717) is 26.3 Å². The quantitative estimate of drug-likeness (QED) is 0.863. The van der Waals surface area contributed by atoms with E-state index in [1.165, 1.54) is 5.57 Å². The lowest BCUT2D eigenvalue weighted by Gasteiger charge is -2.34. The van der Waals surface area contributed by atoms with E-state index in [2.05, 4.69) is 38.2 Å². The highest BCUT2D eigenvalue weighted by Crippen LogP contribution is 2.36. The zero-order chi connectivity index (χ0) is 15.0. The third-order valence-corrected chi connectivity index (χ3v) is 4.04. The van der Waals surface area contributed by atoms with E-state index >= 15 is 0 Å². The number of para-hydroxylation sites is 1. The molecule has 0 aromatic heterocycles. The number of anilines is 1. The molecule has 21 heavy (non-hydrogen) atoms. The number of morpholine rings is 1. The van der Waals surface area contributed by atoms with Gasteiger partial charge in [0.25, 0.3) is 5.91 Å². The van der Waals surface area contributed by atoms with Crippen molar-refractivity contribution >= 4 is 17.2 Å². The number of benzene rings is 1. The van der Waals surface area contributed by atoms with Gasteiger partial charge in [-0.3, -0.25) is 4.79 Å². The van der Waals surface area contributed by atoms with E-state index in [9.17, 15) is 4.79 Å². The van der Waals surface area contributed by atoms with Crippen molar-refractivity contribution < 1.29 is 9.53 Å². The molecule has 1 aromatic carbocycles. The summed E-state index contributed by atoms with van der Waals surface area (Å²) in [6.45, 7) is 8.92. The third kappa shape index (κ3) is 2.68. The van der Waals surface area contributed by atoms with Crippen LogP contribution in [-0.4, -0.2) is 42.6 Å². The smallest absolute Gasteiger partial charge is 0.256 e. The van der Waals surface area contributed by atoms with Crippen LogP contribution in [0.5, 0.6) is 0 Å². The number of carbonyl (C=O) groups excluding carboxylic acids is 1. The number of allylic oxidation sites excluding steroid dienone is 1. The first kappa shape index (κ1) is 14.1. The van der Waals surface area contributed by atoms with Gasteiger partial charge in [-0.25, -0.2) is 0 Å². The maximum absolute atomic E-state index is 12.8. The summed E-state index contributed by atoms with van der Waals surface area (Å²) in [5.74, 6) is 0.0909. The molecule has 112 valence electrons. The van der Waals surface area contributed by atoms with Crippen LogP contribution in [0.25, 0.3) is 5.57 Å². The molecule has 4 nitrogen and oxygen atoms in total. The lowest BCUT2D eigenvalue weighted by molar-refractivity contribution is 0.0303. The fourth-order valence-corrected chi connectivity index (χ4v) is 3.11. The molecule has 3 rings (SSSR count). The van der Waals surface area contributed by atoms with Crippen LogP contribution in [0.4, 0.5) is 5.69 Å². The molecule has 1 aromatic rings. The third-order valence-electron chi connectivity index (χ3n) is 4.04. The Morgan fingerprint density at radius 1 is 1.29 bits per heavy atom. The molecule has 1 amide bonds. The number of nitrogens with zero attached hydrogens (tertiary/aromatic N) is 1. The van der Waals surface area contributed by atoms with Gasteiger partial charge < -0.3 is 15.0 Å². The molecule has 0 aliphatic carbocycles. The highest BCUT2D eigenvalue weighted by atomic mass is 16.5. The number of ether oxygens (including phenoxy) is 1. The lowest BCUT2D eigenvalue weighted by atomic mass is 9.89. The van der Waals surface area contributed by atoms with Crippen molar-refractivity contribution in [3.05, 3.63) is 35.4 Å². The van der Waals surface area contributed by atoms with Crippen molar-refractivity contribution in [3.63, 3.8) is 0 Å². The van der Waals surface area contributed by atoms with E-state index in [0.717, 1.165) is 16.8 Å². The Balaban J connectivity index is 2.00. The molecule has 0 unspecified atom stereocenters. The van der Waals surface area contributed by atoms with Gasteiger partial charge in [-0.15, -0.1) is 0 Å². The average molecular weight is 286 g/mol. The maximum Gasteiger partial charge on any atom is 0.256 e. The Bertz CT molecular complexity index is 599. The molecular weight excluding hydrogens is 264 g/mol. The molecule has 1 saturated heterocycles. The Morgan fingerprint density at radius 2 is 2.00 bits per heavy atom. The van der Waals surface area contributed by atoms with Crippen LogP contribution in [0.2, 0.25) is 0 Å². The minimum absolute atomic E-state index is 0.0909. The van der Waals surface area contributed by atoms with Crippen LogP contribution in [0.15, 0.2) is 24.3 Å². The van der Waals surface area contributed by atoms with Crippen molar-refractivity contribution in [2.75, 3.05) is 31.6 Å². The second-order valence-corrected chi connectivity index (χ2v) is 6.31. The summed E-state index contributed by atoms with van der Waals surface area (Å²) in [4.78, 5) is 14.7. The molecule has 1 N–H and O–H groups in total. The first-order valence-corrected chi connectivity index (χ1v) is 7.46. The van der Waals surface area contributed by atoms with Crippen LogP contribution in [0, 0.1) is 0 Å². The van der Waals surface area contributed by atoms with Gasteiger partial charge in [0, 0.05) is 18.7 Å². The number of hydrogen-bond acceptors (Lipinski definition) is 3. The summed E-state index contributed by atoms with van der Waals surface area (Å²) in [6, 6.07) is 5.95. The Labute approximate surface area is 125 Å². The van der Waals surface area contributed by atoms with Gasteiger partial charge in [0.2, 0.25) is 0 Å². The molecule has 0 saturated carbocycles. The number of fused-ring (bicyclic) bond motifs is 1. The van der Waals surface area contributed by atoms with E-state index in [1.54, 1.807) is 0 Å². The summed E-state index contributed by atoms with van der Waals surface area (Å²) >= 11 is 0. The second kappa shape index (κ2) is 5.19. The maximum atomic E-state index is 12.8. The molecule has 2 aliphatic rings. The Hall–Kier alpha value is -1.81. The van der Waals surface area contributed by atoms with Gasteiger partial charge in [0.05, 0.1) is 30.0 Å². The Morgan fingerprint density at radius 3 is 2.71 bits per heavy atom. The van der Waals surface area contributed by atoms with Crippen LogP contribution < -0.4 is 5.32 Å². The van der Waals surface area contributed by atoms with E-state index in [-0.39, 0.29) is 11.4 Å². The molecule has 0 radical (unpaired) electrons. The highest BCUT2D eigenvalue weighted by Gasteiger charge is 2.28. The molecule has 1 fully saturated rings.